The second-order valence-electron chi connectivity index (χ2n) is 7.56. The molecule has 0 aliphatic heterocycles. The van der Waals surface area contributed by atoms with Crippen LogP contribution in [0, 0.1) is 0 Å². The van der Waals surface area contributed by atoms with Crippen molar-refractivity contribution in [1.82, 2.24) is 10.6 Å². The molecule has 1 aliphatic rings. The molecule has 1 saturated carbocycles. The smallest absolute Gasteiger partial charge is 0.253 e. The summed E-state index contributed by atoms with van der Waals surface area (Å²) in [6.45, 7) is -0.00445. The van der Waals surface area contributed by atoms with Crippen LogP contribution in [0.4, 0.5) is 11.4 Å². The Morgan fingerprint density at radius 2 is 1.74 bits per heavy atom. The molecule has 0 radical (unpaired) electrons. The molecular formula is C23H27ClN4O3. The summed E-state index contributed by atoms with van der Waals surface area (Å²) in [7, 11) is 1.55. The summed E-state index contributed by atoms with van der Waals surface area (Å²) < 4.78 is 0. The van der Waals surface area contributed by atoms with Gasteiger partial charge in [-0.3, -0.25) is 14.4 Å². The minimum Gasteiger partial charge on any atom is -0.376 e. The lowest BCUT2D eigenvalue weighted by Crippen LogP contribution is -2.36. The first kappa shape index (κ1) is 22.6. The van der Waals surface area contributed by atoms with Gasteiger partial charge in [-0.25, -0.2) is 0 Å². The van der Waals surface area contributed by atoms with E-state index in [1.165, 1.54) is 6.42 Å². The van der Waals surface area contributed by atoms with Gasteiger partial charge >= 0.3 is 0 Å². The second kappa shape index (κ2) is 10.8. The van der Waals surface area contributed by atoms with Crippen LogP contribution in [0.3, 0.4) is 0 Å². The molecular weight excluding hydrogens is 416 g/mol. The molecule has 0 heterocycles. The van der Waals surface area contributed by atoms with Crippen LogP contribution in [0.1, 0.15) is 52.8 Å². The van der Waals surface area contributed by atoms with Gasteiger partial charge in [-0.05, 0) is 49.2 Å². The van der Waals surface area contributed by atoms with Crippen molar-refractivity contribution in [3.05, 3.63) is 58.6 Å². The van der Waals surface area contributed by atoms with Crippen LogP contribution < -0.4 is 21.3 Å². The van der Waals surface area contributed by atoms with Gasteiger partial charge in [0, 0.05) is 30.0 Å². The Bertz CT molecular complexity index is 958. The van der Waals surface area contributed by atoms with Crippen LogP contribution in [-0.2, 0) is 4.79 Å². The van der Waals surface area contributed by atoms with Gasteiger partial charge in [0.25, 0.3) is 11.8 Å². The maximum absolute atomic E-state index is 12.6. The number of halogens is 1. The molecule has 0 atom stereocenters. The first-order valence-corrected chi connectivity index (χ1v) is 10.8. The highest BCUT2D eigenvalue weighted by Gasteiger charge is 2.18. The molecule has 8 heteroatoms. The van der Waals surface area contributed by atoms with Gasteiger partial charge in [0.05, 0.1) is 17.1 Å². The quantitative estimate of drug-likeness (QED) is 0.524. The monoisotopic (exact) mass is 442 g/mol. The Morgan fingerprint density at radius 1 is 0.968 bits per heavy atom. The number of carbonyl (C=O) groups excluding carboxylic acids is 3. The van der Waals surface area contributed by atoms with Crippen molar-refractivity contribution < 1.29 is 14.4 Å². The van der Waals surface area contributed by atoms with Crippen molar-refractivity contribution in [2.24, 2.45) is 0 Å². The molecule has 1 fully saturated rings. The van der Waals surface area contributed by atoms with E-state index in [4.69, 9.17) is 11.6 Å². The molecule has 31 heavy (non-hydrogen) atoms. The zero-order chi connectivity index (χ0) is 22.2. The fraction of sp³-hybridized carbons (Fsp3) is 0.348. The van der Waals surface area contributed by atoms with Crippen LogP contribution in [0.2, 0.25) is 5.02 Å². The Kier molecular flexibility index (Phi) is 7.89. The maximum atomic E-state index is 12.6. The molecule has 1 aliphatic carbocycles. The van der Waals surface area contributed by atoms with Crippen molar-refractivity contribution in [2.45, 2.75) is 38.1 Å². The summed E-state index contributed by atoms with van der Waals surface area (Å²) in [6.07, 6.45) is 5.44. The van der Waals surface area contributed by atoms with Crippen LogP contribution >= 0.6 is 11.6 Å². The summed E-state index contributed by atoms with van der Waals surface area (Å²) in [4.78, 5) is 36.7. The number of nitrogens with one attached hydrogen (secondary N) is 4. The summed E-state index contributed by atoms with van der Waals surface area (Å²) in [6, 6.07) is 11.9. The van der Waals surface area contributed by atoms with E-state index in [1.807, 2.05) is 0 Å². The first-order valence-electron chi connectivity index (χ1n) is 10.4. The van der Waals surface area contributed by atoms with Gasteiger partial charge in [0.1, 0.15) is 0 Å². The van der Waals surface area contributed by atoms with E-state index in [0.717, 1.165) is 25.7 Å². The van der Waals surface area contributed by atoms with Crippen molar-refractivity contribution in [3.63, 3.8) is 0 Å². The van der Waals surface area contributed by atoms with Gasteiger partial charge in [-0.1, -0.05) is 36.9 Å². The normalized spacial score (nSPS) is 13.9. The summed E-state index contributed by atoms with van der Waals surface area (Å²) in [5, 5.41) is 11.7. The van der Waals surface area contributed by atoms with E-state index >= 15 is 0 Å². The number of benzene rings is 2. The van der Waals surface area contributed by atoms with Crippen LogP contribution in [0.15, 0.2) is 42.5 Å². The third-order valence-corrected chi connectivity index (χ3v) is 5.57. The number of carbonyl (C=O) groups is 3. The highest BCUT2D eigenvalue weighted by Crippen LogP contribution is 2.23. The average Bonchev–Trinajstić information content (AvgIpc) is 2.78. The lowest BCUT2D eigenvalue weighted by Gasteiger charge is -2.23. The molecule has 0 saturated heterocycles. The number of amides is 3. The number of anilines is 2. The first-order chi connectivity index (χ1) is 15.0. The Balaban J connectivity index is 1.57. The minimum absolute atomic E-state index is 0.00445. The predicted molar refractivity (Wildman–Crippen MR) is 123 cm³/mol. The van der Waals surface area contributed by atoms with Crippen molar-refractivity contribution >= 4 is 40.7 Å². The number of hydrogen-bond donors (Lipinski definition) is 4. The standard InChI is InChI=1S/C23H27ClN4O3/c1-25-22(30)15-6-5-9-18(12-15)27-21(29)14-26-17-10-11-20(24)19(13-17)23(31)28-16-7-3-2-4-8-16/h5-6,9-13,16,26H,2-4,7-8,14H2,1H3,(H,25,30)(H,27,29)(H,28,31). The number of hydrogen-bond acceptors (Lipinski definition) is 4. The molecule has 7 nitrogen and oxygen atoms in total. The van der Waals surface area contributed by atoms with Gasteiger partial charge in [0.2, 0.25) is 5.91 Å². The largest absolute Gasteiger partial charge is 0.376 e. The molecule has 164 valence electrons. The fourth-order valence-electron chi connectivity index (χ4n) is 3.59. The van der Waals surface area contributed by atoms with E-state index in [-0.39, 0.29) is 30.3 Å². The lowest BCUT2D eigenvalue weighted by molar-refractivity contribution is -0.114. The lowest BCUT2D eigenvalue weighted by atomic mass is 9.95. The molecule has 0 unspecified atom stereocenters. The molecule has 0 spiro atoms. The average molecular weight is 443 g/mol. The molecule has 2 aromatic carbocycles. The maximum Gasteiger partial charge on any atom is 0.253 e. The molecule has 3 rings (SSSR count). The van der Waals surface area contributed by atoms with Crippen molar-refractivity contribution in [1.29, 1.82) is 0 Å². The van der Waals surface area contributed by atoms with Crippen LogP contribution in [0.25, 0.3) is 0 Å². The van der Waals surface area contributed by atoms with E-state index in [2.05, 4.69) is 21.3 Å². The zero-order valence-electron chi connectivity index (χ0n) is 17.5. The third-order valence-electron chi connectivity index (χ3n) is 5.24. The molecule has 0 aromatic heterocycles. The second-order valence-corrected chi connectivity index (χ2v) is 7.97. The molecule has 0 bridgehead atoms. The van der Waals surface area contributed by atoms with E-state index in [0.29, 0.717) is 27.5 Å². The van der Waals surface area contributed by atoms with Crippen molar-refractivity contribution in [2.75, 3.05) is 24.2 Å². The highest BCUT2D eigenvalue weighted by atomic mass is 35.5. The topological polar surface area (TPSA) is 99.3 Å². The Hall–Kier alpha value is -3.06. The minimum atomic E-state index is -0.280. The van der Waals surface area contributed by atoms with Crippen LogP contribution in [0.5, 0.6) is 0 Å². The summed E-state index contributed by atoms with van der Waals surface area (Å²) >= 11 is 6.23. The zero-order valence-corrected chi connectivity index (χ0v) is 18.2. The molecule has 2 aromatic rings. The van der Waals surface area contributed by atoms with E-state index < -0.39 is 0 Å². The molecule has 3 amide bonds. The number of rotatable bonds is 7. The third kappa shape index (κ3) is 6.46. The van der Waals surface area contributed by atoms with Gasteiger partial charge in [-0.2, -0.15) is 0 Å². The van der Waals surface area contributed by atoms with Gasteiger partial charge in [-0.15, -0.1) is 0 Å². The summed E-state index contributed by atoms with van der Waals surface area (Å²) in [5.74, 6) is -0.706. The SMILES string of the molecule is CNC(=O)c1cccc(NC(=O)CNc2ccc(Cl)c(C(=O)NC3CCCCC3)c2)c1. The van der Waals surface area contributed by atoms with E-state index in [9.17, 15) is 14.4 Å². The van der Waals surface area contributed by atoms with Crippen molar-refractivity contribution in [3.8, 4) is 0 Å². The predicted octanol–water partition coefficient (Wildman–Crippen LogP) is 3.81. The fourth-order valence-corrected chi connectivity index (χ4v) is 3.79. The van der Waals surface area contributed by atoms with Crippen LogP contribution in [-0.4, -0.2) is 37.4 Å². The van der Waals surface area contributed by atoms with Gasteiger partial charge in [0.15, 0.2) is 0 Å². The Labute approximate surface area is 186 Å². The highest BCUT2D eigenvalue weighted by molar-refractivity contribution is 6.34. The summed E-state index contributed by atoms with van der Waals surface area (Å²) in [5.41, 5.74) is 1.99. The molecule has 4 N–H and O–H groups in total. The Morgan fingerprint density at radius 3 is 2.48 bits per heavy atom. The van der Waals surface area contributed by atoms with E-state index in [1.54, 1.807) is 49.5 Å². The van der Waals surface area contributed by atoms with Gasteiger partial charge < -0.3 is 21.3 Å².